The molecule has 3 heterocycles. The number of thiol groups is 1. The summed E-state index contributed by atoms with van der Waals surface area (Å²) in [6, 6.07) is 17.9. The number of hydrogen-bond acceptors (Lipinski definition) is 10. The third kappa shape index (κ3) is 7.91. The van der Waals surface area contributed by atoms with Crippen LogP contribution >= 0.6 is 31.6 Å². The first kappa shape index (κ1) is 31.7. The summed E-state index contributed by atoms with van der Waals surface area (Å²) in [6.45, 7) is 2.57. The molecule has 5 aromatic rings. The smallest absolute Gasteiger partial charge is 0.287 e. The Morgan fingerprint density at radius 3 is 2.40 bits per heavy atom. The fourth-order valence-corrected chi connectivity index (χ4v) is 5.06. The highest BCUT2D eigenvalue weighted by Crippen LogP contribution is 2.41. The molecule has 0 spiro atoms. The zero-order valence-electron chi connectivity index (χ0n) is 21.8. The molecule has 40 heavy (non-hydrogen) atoms. The molecule has 0 fully saturated rings. The minimum atomic E-state index is -1.05. The lowest BCUT2D eigenvalue weighted by atomic mass is 10.2. The van der Waals surface area contributed by atoms with Gasteiger partial charge in [-0.1, -0.05) is 72.0 Å². The summed E-state index contributed by atoms with van der Waals surface area (Å²) in [6.07, 6.45) is 1.75. The van der Waals surface area contributed by atoms with Crippen LogP contribution in [0, 0.1) is 6.92 Å². The van der Waals surface area contributed by atoms with E-state index in [9.17, 15) is 9.90 Å². The van der Waals surface area contributed by atoms with Crippen LogP contribution in [0.15, 0.2) is 75.6 Å². The normalized spacial score (nSPS) is 11.6. The molecule has 0 amide bonds. The van der Waals surface area contributed by atoms with Gasteiger partial charge in [-0.3, -0.25) is 10.1 Å². The molecule has 0 radical (unpaired) electrons. The first-order valence-corrected chi connectivity index (χ1v) is 15.0. The fraction of sp³-hybridized carbons (Fsp3) is 0.240. The van der Waals surface area contributed by atoms with E-state index in [0.717, 1.165) is 16.2 Å². The number of aryl methyl sites for hydroxylation is 1. The van der Waals surface area contributed by atoms with Crippen molar-refractivity contribution >= 4 is 48.5 Å². The number of fused-ring (bicyclic) bond motifs is 2. The van der Waals surface area contributed by atoms with Crippen LogP contribution in [0.4, 0.5) is 0 Å². The predicted octanol–water partition coefficient (Wildman–Crippen LogP) is 3.47. The van der Waals surface area contributed by atoms with Crippen LogP contribution in [-0.2, 0) is 15.6 Å². The van der Waals surface area contributed by atoms with E-state index >= 15 is 0 Å². The number of aliphatic hydroxyl groups is 2. The molecule has 1 atom stereocenters. The minimum absolute atomic E-state index is 0.0166. The molecular weight excluding hydrogens is 577 g/mol. The van der Waals surface area contributed by atoms with Gasteiger partial charge in [-0.05, 0) is 24.6 Å². The Labute approximate surface area is 240 Å². The van der Waals surface area contributed by atoms with Crippen LogP contribution in [0.2, 0.25) is 0 Å². The maximum Gasteiger partial charge on any atom is 0.287 e. The topological polar surface area (TPSA) is 170 Å². The van der Waals surface area contributed by atoms with Crippen molar-refractivity contribution in [2.45, 2.75) is 23.5 Å². The zero-order chi connectivity index (χ0) is 29.1. The second-order valence-electron chi connectivity index (χ2n) is 7.98. The lowest BCUT2D eigenvalue weighted by molar-refractivity contribution is -0.176. The first-order chi connectivity index (χ1) is 19.4. The Bertz CT molecular complexity index is 1550. The number of H-pyrrole nitrogens is 1. The first-order valence-electron chi connectivity index (χ1n) is 11.9. The Morgan fingerprint density at radius 1 is 1.07 bits per heavy atom. The van der Waals surface area contributed by atoms with Gasteiger partial charge in [0, 0.05) is 24.7 Å². The van der Waals surface area contributed by atoms with Gasteiger partial charge in [0.1, 0.15) is 0 Å². The van der Waals surface area contributed by atoms with Crippen LogP contribution in [0.3, 0.4) is 0 Å². The monoisotopic (exact) mass is 608 g/mol. The van der Waals surface area contributed by atoms with E-state index in [4.69, 9.17) is 20.1 Å². The average Bonchev–Trinajstić information content (AvgIpc) is 3.57. The maximum absolute atomic E-state index is 13.2. The van der Waals surface area contributed by atoms with Crippen molar-refractivity contribution in [2.75, 3.05) is 26.9 Å². The number of aromatic amines is 1. The van der Waals surface area contributed by atoms with E-state index in [1.165, 1.54) is 28.8 Å². The van der Waals surface area contributed by atoms with Crippen LogP contribution in [0.1, 0.15) is 5.56 Å². The number of nitrogens with zero attached hydrogens (tertiary/aromatic N) is 4. The quantitative estimate of drug-likeness (QED) is 0.0553. The van der Waals surface area contributed by atoms with Gasteiger partial charge in [0.25, 0.3) is 5.56 Å². The standard InChI is InChI=1S/C22H19N5O2S.C3H9O3PS.H2O2/c1-14-7-9-16(10-8-14)30-22-24-18-19(26(22)11-12-28)25-21-23-17(13-27(21)20(18)29)15-5-3-2-4-6-15;1-5-7(8)6-3-2-4;1-2/h2-10,13,28H,11-12H2,1H3,(H,23,25);4,8H,2-3H2,1H3;1-2H/p+1. The third-order valence-corrected chi connectivity index (χ3v) is 7.91. The van der Waals surface area contributed by atoms with Crippen LogP contribution in [0.5, 0.6) is 0 Å². The van der Waals surface area contributed by atoms with E-state index in [-0.39, 0.29) is 24.3 Å². The number of aromatic nitrogens is 5. The van der Waals surface area contributed by atoms with Gasteiger partial charge in [-0.25, -0.2) is 9.38 Å². The third-order valence-electron chi connectivity index (χ3n) is 5.36. The van der Waals surface area contributed by atoms with Crippen molar-refractivity contribution in [3.63, 3.8) is 0 Å². The Morgan fingerprint density at radius 2 is 1.77 bits per heavy atom. The molecule has 0 aliphatic heterocycles. The van der Waals surface area contributed by atoms with E-state index in [1.807, 2.05) is 61.5 Å². The molecule has 5 rings (SSSR count). The van der Waals surface area contributed by atoms with Gasteiger partial charge in [-0.15, -0.1) is 5.26 Å². The number of nitrogens with one attached hydrogen (secondary N) is 1. The molecule has 0 saturated carbocycles. The van der Waals surface area contributed by atoms with Crippen molar-refractivity contribution in [1.29, 1.82) is 0 Å². The summed E-state index contributed by atoms with van der Waals surface area (Å²) in [5, 5.41) is 29.4. The lowest BCUT2D eigenvalue weighted by Gasteiger charge is -2.06. The van der Waals surface area contributed by atoms with Crippen molar-refractivity contribution < 1.29 is 29.8 Å². The molecule has 2 aromatic carbocycles. The van der Waals surface area contributed by atoms with Crippen LogP contribution < -0.4 is 5.56 Å². The van der Waals surface area contributed by atoms with Gasteiger partial charge in [0.2, 0.25) is 13.4 Å². The fourth-order valence-electron chi connectivity index (χ4n) is 3.56. The number of aliphatic hydroxyl groups excluding tert-OH is 2. The SMILES string of the molecule is COP(S)OCCO.Cc1ccc(Sc2nc3c(=O)n4cc(-c5ccccc5)[nH]c4nc3n2CCO)cc1.O[OH2+]. The summed E-state index contributed by atoms with van der Waals surface area (Å²) in [5.41, 5.74) is 3.45. The predicted molar refractivity (Wildman–Crippen MR) is 159 cm³/mol. The van der Waals surface area contributed by atoms with Crippen molar-refractivity contribution in [3.8, 4) is 11.3 Å². The lowest BCUT2D eigenvalue weighted by Crippen LogP contribution is -2.14. The van der Waals surface area contributed by atoms with E-state index < -0.39 is 7.58 Å². The second kappa shape index (κ2) is 15.9. The number of hydrogen-bond donors (Lipinski definition) is 5. The number of benzene rings is 2. The summed E-state index contributed by atoms with van der Waals surface area (Å²) in [4.78, 5) is 26.6. The molecule has 6 N–H and O–H groups in total. The summed E-state index contributed by atoms with van der Waals surface area (Å²) in [7, 11) is 0.460. The van der Waals surface area contributed by atoms with Gasteiger partial charge in [0.15, 0.2) is 16.3 Å². The molecule has 214 valence electrons. The van der Waals surface area contributed by atoms with E-state index in [2.05, 4.69) is 31.7 Å². The molecule has 15 heteroatoms. The minimum Gasteiger partial charge on any atom is -0.395 e. The van der Waals surface area contributed by atoms with Gasteiger partial charge in [-0.2, -0.15) is 4.98 Å². The Hall–Kier alpha value is -2.78. The molecule has 0 bridgehead atoms. The maximum atomic E-state index is 13.2. The van der Waals surface area contributed by atoms with Crippen molar-refractivity contribution in [2.24, 2.45) is 0 Å². The van der Waals surface area contributed by atoms with Crippen LogP contribution in [0.25, 0.3) is 28.2 Å². The van der Waals surface area contributed by atoms with Crippen molar-refractivity contribution in [1.82, 2.24) is 23.9 Å². The molecule has 12 nitrogen and oxygen atoms in total. The summed E-state index contributed by atoms with van der Waals surface area (Å²) >= 11 is 5.32. The highest BCUT2D eigenvalue weighted by molar-refractivity contribution is 8.41. The van der Waals surface area contributed by atoms with E-state index in [1.54, 1.807) is 10.8 Å². The highest BCUT2D eigenvalue weighted by Gasteiger charge is 2.19. The molecule has 1 unspecified atom stereocenters. The Kier molecular flexibility index (Phi) is 12.6. The van der Waals surface area contributed by atoms with Crippen LogP contribution in [-0.4, -0.2) is 71.6 Å². The van der Waals surface area contributed by atoms with E-state index in [0.29, 0.717) is 29.7 Å². The van der Waals surface area contributed by atoms with Gasteiger partial charge >= 0.3 is 0 Å². The second-order valence-corrected chi connectivity index (χ2v) is 11.1. The molecule has 0 aliphatic carbocycles. The largest absolute Gasteiger partial charge is 0.395 e. The molecule has 3 aromatic heterocycles. The van der Waals surface area contributed by atoms with Crippen molar-refractivity contribution in [3.05, 3.63) is 76.7 Å². The Balaban J connectivity index is 0.000000383. The zero-order valence-corrected chi connectivity index (χ0v) is 24.4. The highest BCUT2D eigenvalue weighted by atomic mass is 32.7. The molecular formula is C25H31N5O7PS2+. The molecule has 0 aliphatic rings. The number of imidazole rings is 2. The van der Waals surface area contributed by atoms with Gasteiger partial charge in [0.05, 0.1) is 25.5 Å². The summed E-state index contributed by atoms with van der Waals surface area (Å²) < 4.78 is 12.7. The number of rotatable bonds is 9. The summed E-state index contributed by atoms with van der Waals surface area (Å²) in [5.74, 6) is 0.442. The molecule has 0 saturated heterocycles. The van der Waals surface area contributed by atoms with Gasteiger partial charge < -0.3 is 28.8 Å². The average molecular weight is 609 g/mol.